The Morgan fingerprint density at radius 2 is 1.90 bits per heavy atom. The summed E-state index contributed by atoms with van der Waals surface area (Å²) in [5.74, 6) is 0. The van der Waals surface area contributed by atoms with Gasteiger partial charge in [-0.1, -0.05) is 0 Å². The average Bonchev–Trinajstić information content (AvgIpc) is 1.80. The van der Waals surface area contributed by atoms with Crippen LogP contribution in [0.3, 0.4) is 0 Å². The van der Waals surface area contributed by atoms with E-state index in [9.17, 15) is 0 Å². The van der Waals surface area contributed by atoms with Crippen molar-refractivity contribution in [1.82, 2.24) is 0 Å². The Kier molecular flexibility index (Phi) is 4.05. The summed E-state index contributed by atoms with van der Waals surface area (Å²) in [6.07, 6.45) is 4.07. The summed E-state index contributed by atoms with van der Waals surface area (Å²) in [5.41, 5.74) is 1.55. The van der Waals surface area contributed by atoms with Crippen molar-refractivity contribution in [1.29, 1.82) is 0 Å². The molecule has 1 heteroatoms. The monoisotopic (exact) mass is 306 g/mol. The second-order valence-electron chi connectivity index (χ2n) is 3.21. The predicted octanol–water partition coefficient (Wildman–Crippen LogP) is 2.49. The summed E-state index contributed by atoms with van der Waals surface area (Å²) >= 11 is 1.48. The zero-order valence-corrected chi connectivity index (χ0v) is 9.78. The first kappa shape index (κ1) is 10.0. The Labute approximate surface area is 74.4 Å². The van der Waals surface area contributed by atoms with Gasteiger partial charge in [0.15, 0.2) is 0 Å². The van der Waals surface area contributed by atoms with Crippen molar-refractivity contribution in [2.45, 2.75) is 20.8 Å². The molecule has 0 N–H and O–H groups in total. The molecule has 0 spiro atoms. The molecule has 0 fully saturated rings. The van der Waals surface area contributed by atoms with Gasteiger partial charge >= 0.3 is 74.2 Å². The standard InChI is InChI=1S/C9H14.W/c1-6-8(7-2)9(3,4)5;/h1,6-7H,2H2,3-5H3;. The van der Waals surface area contributed by atoms with E-state index >= 15 is 0 Å². The number of rotatable bonds is 2. The summed E-state index contributed by atoms with van der Waals surface area (Å²) in [5, 5.41) is 0. The summed E-state index contributed by atoms with van der Waals surface area (Å²) in [4.78, 5) is 0. The first-order valence-corrected chi connectivity index (χ1v) is 5.00. The molecule has 0 saturated heterocycles. The molecule has 0 atom stereocenters. The van der Waals surface area contributed by atoms with E-state index < -0.39 is 0 Å². The minimum atomic E-state index is 0.244. The number of allylic oxidation sites excluding steroid dienone is 3. The molecule has 56 valence electrons. The molecule has 0 aromatic heterocycles. The van der Waals surface area contributed by atoms with Crippen LogP contribution in [0, 0.1) is 5.41 Å². The fraction of sp³-hybridized carbons (Fsp3) is 0.444. The average molecular weight is 306 g/mol. The van der Waals surface area contributed by atoms with Gasteiger partial charge in [-0.05, 0) is 0 Å². The van der Waals surface area contributed by atoms with E-state index in [0.717, 1.165) is 0 Å². The minimum absolute atomic E-state index is 0.244. The molecule has 0 aliphatic heterocycles. The van der Waals surface area contributed by atoms with Crippen LogP contribution in [0.15, 0.2) is 24.3 Å². The van der Waals surface area contributed by atoms with Gasteiger partial charge in [0, 0.05) is 0 Å². The molecule has 0 bridgehead atoms. The van der Waals surface area contributed by atoms with Gasteiger partial charge in [0.1, 0.15) is 0 Å². The maximum atomic E-state index is 3.77. The van der Waals surface area contributed by atoms with Crippen LogP contribution in [0.1, 0.15) is 20.8 Å². The van der Waals surface area contributed by atoms with Crippen LogP contribution in [-0.4, -0.2) is 4.40 Å². The third-order valence-electron chi connectivity index (χ3n) is 1.33. The van der Waals surface area contributed by atoms with Crippen molar-refractivity contribution < 1.29 is 19.4 Å². The number of hydrogen-bond donors (Lipinski definition) is 0. The molecule has 0 aromatic rings. The molecule has 0 amide bonds. The molecule has 0 aromatic carbocycles. The zero-order chi connectivity index (χ0) is 8.20. The Balaban J connectivity index is 4.51. The summed E-state index contributed by atoms with van der Waals surface area (Å²) in [7, 11) is 0. The fourth-order valence-corrected chi connectivity index (χ4v) is 1.22. The van der Waals surface area contributed by atoms with Gasteiger partial charge < -0.3 is 0 Å². The van der Waals surface area contributed by atoms with Crippen molar-refractivity contribution >= 4 is 4.40 Å². The van der Waals surface area contributed by atoms with Crippen molar-refractivity contribution in [3.63, 3.8) is 0 Å². The normalized spacial score (nSPS) is 12.9. The van der Waals surface area contributed by atoms with E-state index in [1.165, 1.54) is 24.9 Å². The summed E-state index contributed by atoms with van der Waals surface area (Å²) in [6.45, 7) is 10.3. The third kappa shape index (κ3) is 3.27. The van der Waals surface area contributed by atoms with E-state index in [-0.39, 0.29) is 5.41 Å². The molecule has 0 saturated carbocycles. The van der Waals surface area contributed by atoms with Gasteiger partial charge in [-0.3, -0.25) is 0 Å². The zero-order valence-electron chi connectivity index (χ0n) is 6.85. The van der Waals surface area contributed by atoms with Gasteiger partial charge in [0.2, 0.25) is 0 Å². The summed E-state index contributed by atoms with van der Waals surface area (Å²) in [6, 6.07) is 0. The number of hydrogen-bond acceptors (Lipinski definition) is 0. The molecule has 0 unspecified atom stereocenters. The Morgan fingerprint density at radius 1 is 1.40 bits per heavy atom. The van der Waals surface area contributed by atoms with Crippen LogP contribution in [0.25, 0.3) is 0 Å². The Morgan fingerprint density at radius 3 is 2.00 bits per heavy atom. The quantitative estimate of drug-likeness (QED) is 0.688. The SMILES string of the molecule is C=CC(=C[CH]=[W])C(C)(C)C. The molecule has 0 heterocycles. The predicted molar refractivity (Wildman–Crippen MR) is 43.8 cm³/mol. The van der Waals surface area contributed by atoms with Crippen LogP contribution in [0.2, 0.25) is 0 Å². The van der Waals surface area contributed by atoms with E-state index in [1.54, 1.807) is 0 Å². The molecule has 0 rings (SSSR count). The van der Waals surface area contributed by atoms with Gasteiger partial charge in [0.25, 0.3) is 0 Å². The first-order valence-electron chi connectivity index (χ1n) is 3.30. The van der Waals surface area contributed by atoms with Crippen molar-refractivity contribution in [2.75, 3.05) is 0 Å². The van der Waals surface area contributed by atoms with Crippen LogP contribution in [0.5, 0.6) is 0 Å². The molecular formula is C9H14W. The summed E-state index contributed by atoms with van der Waals surface area (Å²) < 4.78 is 2.13. The van der Waals surface area contributed by atoms with Gasteiger partial charge in [-0.2, -0.15) is 0 Å². The van der Waals surface area contributed by atoms with Crippen molar-refractivity contribution in [3.8, 4) is 0 Å². The third-order valence-corrected chi connectivity index (χ3v) is 1.82. The van der Waals surface area contributed by atoms with Gasteiger partial charge in [-0.25, -0.2) is 0 Å². The van der Waals surface area contributed by atoms with Gasteiger partial charge in [-0.15, -0.1) is 0 Å². The van der Waals surface area contributed by atoms with Crippen molar-refractivity contribution in [2.24, 2.45) is 5.41 Å². The molecule has 0 nitrogen and oxygen atoms in total. The molecule has 0 radical (unpaired) electrons. The van der Waals surface area contributed by atoms with Crippen LogP contribution in [0.4, 0.5) is 0 Å². The maximum absolute atomic E-state index is 3.77. The molecule has 0 aliphatic rings. The van der Waals surface area contributed by atoms with Crippen LogP contribution >= 0.6 is 0 Å². The topological polar surface area (TPSA) is 0 Å². The van der Waals surface area contributed by atoms with Gasteiger partial charge in [0.05, 0.1) is 0 Å². The van der Waals surface area contributed by atoms with Crippen LogP contribution in [-0.2, 0) is 19.4 Å². The fourth-order valence-electron chi connectivity index (χ4n) is 0.698. The first-order chi connectivity index (χ1) is 4.52. The second-order valence-corrected chi connectivity index (χ2v) is 4.19. The van der Waals surface area contributed by atoms with E-state index in [0.29, 0.717) is 0 Å². The molecular weight excluding hydrogens is 292 g/mol. The van der Waals surface area contributed by atoms with E-state index in [4.69, 9.17) is 0 Å². The van der Waals surface area contributed by atoms with Crippen molar-refractivity contribution in [3.05, 3.63) is 24.3 Å². The molecule has 0 aliphatic carbocycles. The Hall–Kier alpha value is 0.0383. The second kappa shape index (κ2) is 4.03. The van der Waals surface area contributed by atoms with E-state index in [2.05, 4.69) is 37.8 Å². The molecule has 10 heavy (non-hydrogen) atoms. The van der Waals surface area contributed by atoms with Crippen LogP contribution < -0.4 is 0 Å². The Bertz CT molecular complexity index is 158. The van der Waals surface area contributed by atoms with E-state index in [1.807, 2.05) is 6.08 Å².